The zero-order valence-electron chi connectivity index (χ0n) is 13.1. The first-order valence-electron chi connectivity index (χ1n) is 7.60. The van der Waals surface area contributed by atoms with Crippen LogP contribution in [-0.4, -0.2) is 6.54 Å². The lowest BCUT2D eigenvalue weighted by atomic mass is 9.75. The van der Waals surface area contributed by atoms with E-state index in [0.29, 0.717) is 0 Å². The van der Waals surface area contributed by atoms with Crippen LogP contribution in [0.25, 0.3) is 0 Å². The molecule has 0 spiro atoms. The van der Waals surface area contributed by atoms with Crippen molar-refractivity contribution in [2.75, 3.05) is 6.54 Å². The molecule has 0 aliphatic carbocycles. The molecule has 0 amide bonds. The van der Waals surface area contributed by atoms with E-state index in [0.717, 1.165) is 18.0 Å². The summed E-state index contributed by atoms with van der Waals surface area (Å²) in [4.78, 5) is 0. The molecule has 0 saturated carbocycles. The van der Waals surface area contributed by atoms with Gasteiger partial charge in [0, 0.05) is 16.5 Å². The maximum absolute atomic E-state index is 6.19. The van der Waals surface area contributed by atoms with Gasteiger partial charge in [-0.15, -0.1) is 0 Å². The highest BCUT2D eigenvalue weighted by Crippen LogP contribution is 2.37. The summed E-state index contributed by atoms with van der Waals surface area (Å²) < 4.78 is 0. The van der Waals surface area contributed by atoms with Crippen LogP contribution in [0, 0.1) is 0 Å². The second-order valence-corrected chi connectivity index (χ2v) is 6.47. The van der Waals surface area contributed by atoms with Crippen LogP contribution >= 0.6 is 11.6 Å². The Kier molecular flexibility index (Phi) is 5.44. The quantitative estimate of drug-likeness (QED) is 0.757. The van der Waals surface area contributed by atoms with Crippen molar-refractivity contribution in [3.8, 4) is 0 Å². The van der Waals surface area contributed by atoms with E-state index in [1.54, 1.807) is 0 Å². The lowest BCUT2D eigenvalue weighted by molar-refractivity contribution is 0.348. The Labute approximate surface area is 133 Å². The van der Waals surface area contributed by atoms with Crippen LogP contribution in [0.4, 0.5) is 0 Å². The van der Waals surface area contributed by atoms with Crippen molar-refractivity contribution in [3.05, 3.63) is 70.7 Å². The highest BCUT2D eigenvalue weighted by molar-refractivity contribution is 6.30. The third kappa shape index (κ3) is 3.87. The van der Waals surface area contributed by atoms with Gasteiger partial charge in [-0.05, 0) is 36.2 Å². The molecule has 2 rings (SSSR count). The minimum atomic E-state index is -0.0128. The Balaban J connectivity index is 2.39. The van der Waals surface area contributed by atoms with Gasteiger partial charge in [0.05, 0.1) is 0 Å². The molecule has 21 heavy (non-hydrogen) atoms. The summed E-state index contributed by atoms with van der Waals surface area (Å²) in [6, 6.07) is 19.1. The van der Waals surface area contributed by atoms with Gasteiger partial charge in [0.15, 0.2) is 0 Å². The van der Waals surface area contributed by atoms with Crippen molar-refractivity contribution >= 4 is 11.6 Å². The minimum Gasteiger partial charge on any atom is -0.309 e. The van der Waals surface area contributed by atoms with Crippen molar-refractivity contribution in [3.63, 3.8) is 0 Å². The molecule has 112 valence electrons. The average molecular weight is 302 g/mol. The molecule has 0 fully saturated rings. The molecule has 0 heterocycles. The standard InChI is InChI=1S/C19H24ClN/c1-4-13-21-18(15-9-8-12-17(20)14-15)19(2,3)16-10-6-5-7-11-16/h5-12,14,18,21H,4,13H2,1-3H3. The lowest BCUT2D eigenvalue weighted by Crippen LogP contribution is -2.37. The van der Waals surface area contributed by atoms with Gasteiger partial charge in [0.1, 0.15) is 0 Å². The van der Waals surface area contributed by atoms with E-state index in [1.807, 2.05) is 12.1 Å². The Hall–Kier alpha value is -1.31. The van der Waals surface area contributed by atoms with Crippen LogP contribution in [0.15, 0.2) is 54.6 Å². The molecular weight excluding hydrogens is 278 g/mol. The van der Waals surface area contributed by atoms with Crippen LogP contribution in [-0.2, 0) is 5.41 Å². The van der Waals surface area contributed by atoms with E-state index in [-0.39, 0.29) is 11.5 Å². The Morgan fingerprint density at radius 2 is 1.76 bits per heavy atom. The van der Waals surface area contributed by atoms with Crippen molar-refractivity contribution in [1.29, 1.82) is 0 Å². The molecule has 0 aliphatic heterocycles. The molecule has 0 bridgehead atoms. The number of benzene rings is 2. The zero-order chi connectivity index (χ0) is 15.3. The summed E-state index contributed by atoms with van der Waals surface area (Å²) in [6.45, 7) is 7.76. The second kappa shape index (κ2) is 7.11. The van der Waals surface area contributed by atoms with E-state index in [4.69, 9.17) is 11.6 Å². The van der Waals surface area contributed by atoms with E-state index in [1.165, 1.54) is 11.1 Å². The highest BCUT2D eigenvalue weighted by atomic mass is 35.5. The average Bonchev–Trinajstić information content (AvgIpc) is 2.48. The molecule has 1 atom stereocenters. The largest absolute Gasteiger partial charge is 0.309 e. The van der Waals surface area contributed by atoms with E-state index < -0.39 is 0 Å². The predicted octanol–water partition coefficient (Wildman–Crippen LogP) is 5.36. The third-order valence-corrected chi connectivity index (χ3v) is 4.26. The lowest BCUT2D eigenvalue weighted by Gasteiger charge is -2.36. The summed E-state index contributed by atoms with van der Waals surface area (Å²) in [7, 11) is 0. The van der Waals surface area contributed by atoms with Crippen LogP contribution in [0.2, 0.25) is 5.02 Å². The van der Waals surface area contributed by atoms with Crippen molar-refractivity contribution in [2.45, 2.75) is 38.6 Å². The normalized spacial score (nSPS) is 13.1. The van der Waals surface area contributed by atoms with Gasteiger partial charge in [0.25, 0.3) is 0 Å². The number of halogens is 1. The Bertz CT molecular complexity index is 563. The van der Waals surface area contributed by atoms with Gasteiger partial charge < -0.3 is 5.32 Å². The molecule has 2 heteroatoms. The summed E-state index contributed by atoms with van der Waals surface area (Å²) in [5.41, 5.74) is 2.56. The fourth-order valence-corrected chi connectivity index (χ4v) is 3.00. The van der Waals surface area contributed by atoms with E-state index in [9.17, 15) is 0 Å². The zero-order valence-corrected chi connectivity index (χ0v) is 13.8. The number of nitrogens with one attached hydrogen (secondary N) is 1. The molecule has 1 N–H and O–H groups in total. The molecule has 0 aromatic heterocycles. The van der Waals surface area contributed by atoms with Gasteiger partial charge >= 0.3 is 0 Å². The molecule has 0 aliphatic rings. The van der Waals surface area contributed by atoms with E-state index >= 15 is 0 Å². The molecule has 1 unspecified atom stereocenters. The first-order chi connectivity index (χ1) is 10.1. The topological polar surface area (TPSA) is 12.0 Å². The van der Waals surface area contributed by atoms with Crippen molar-refractivity contribution in [1.82, 2.24) is 5.32 Å². The van der Waals surface area contributed by atoms with Gasteiger partial charge in [-0.1, -0.05) is 74.8 Å². The Morgan fingerprint density at radius 1 is 1.05 bits per heavy atom. The monoisotopic (exact) mass is 301 g/mol. The number of hydrogen-bond acceptors (Lipinski definition) is 1. The third-order valence-electron chi connectivity index (χ3n) is 4.02. The van der Waals surface area contributed by atoms with Crippen LogP contribution in [0.1, 0.15) is 44.4 Å². The van der Waals surface area contributed by atoms with Crippen LogP contribution in [0.3, 0.4) is 0 Å². The molecule has 1 nitrogen and oxygen atoms in total. The van der Waals surface area contributed by atoms with Crippen molar-refractivity contribution < 1.29 is 0 Å². The number of hydrogen-bond donors (Lipinski definition) is 1. The van der Waals surface area contributed by atoms with Gasteiger partial charge in [-0.25, -0.2) is 0 Å². The summed E-state index contributed by atoms with van der Waals surface area (Å²) in [5, 5.41) is 4.48. The van der Waals surface area contributed by atoms with Crippen LogP contribution in [0.5, 0.6) is 0 Å². The summed E-state index contributed by atoms with van der Waals surface area (Å²) >= 11 is 6.19. The second-order valence-electron chi connectivity index (χ2n) is 6.03. The first-order valence-corrected chi connectivity index (χ1v) is 7.98. The van der Waals surface area contributed by atoms with Gasteiger partial charge in [-0.2, -0.15) is 0 Å². The maximum Gasteiger partial charge on any atom is 0.0413 e. The molecule has 2 aromatic carbocycles. The smallest absolute Gasteiger partial charge is 0.0413 e. The Morgan fingerprint density at radius 3 is 2.38 bits per heavy atom. The summed E-state index contributed by atoms with van der Waals surface area (Å²) in [6.07, 6.45) is 1.11. The van der Waals surface area contributed by atoms with Gasteiger partial charge in [0.2, 0.25) is 0 Å². The van der Waals surface area contributed by atoms with Crippen LogP contribution < -0.4 is 5.32 Å². The molecular formula is C19H24ClN. The number of rotatable bonds is 6. The molecule has 0 radical (unpaired) electrons. The van der Waals surface area contributed by atoms with E-state index in [2.05, 4.69) is 68.6 Å². The SMILES string of the molecule is CCCNC(c1cccc(Cl)c1)C(C)(C)c1ccccc1. The summed E-state index contributed by atoms with van der Waals surface area (Å²) in [5.74, 6) is 0. The molecule has 2 aromatic rings. The first kappa shape index (κ1) is 16.1. The highest BCUT2D eigenvalue weighted by Gasteiger charge is 2.32. The maximum atomic E-state index is 6.19. The molecule has 0 saturated heterocycles. The fourth-order valence-electron chi connectivity index (χ4n) is 2.80. The fraction of sp³-hybridized carbons (Fsp3) is 0.368. The van der Waals surface area contributed by atoms with Gasteiger partial charge in [-0.3, -0.25) is 0 Å². The minimum absolute atomic E-state index is 0.0128. The predicted molar refractivity (Wildman–Crippen MR) is 92.0 cm³/mol. The van der Waals surface area contributed by atoms with Crippen molar-refractivity contribution in [2.24, 2.45) is 0 Å².